The lowest BCUT2D eigenvalue weighted by molar-refractivity contribution is -0.124. The Morgan fingerprint density at radius 3 is 2.64 bits per heavy atom. The number of allylic oxidation sites excluding steroid dienone is 1. The molecule has 6 heteroatoms. The molecular weight excluding hydrogens is 450 g/mol. The lowest BCUT2D eigenvalue weighted by Crippen LogP contribution is -2.39. The van der Waals surface area contributed by atoms with Crippen LogP contribution < -0.4 is 9.47 Å². The second-order valence-corrected chi connectivity index (χ2v) is 10.00. The number of benzene rings is 2. The molecule has 2 aromatic carbocycles. The van der Waals surface area contributed by atoms with Gasteiger partial charge < -0.3 is 9.47 Å². The number of thiocarbonyl (C=S) groups is 1. The molecule has 0 unspecified atom stereocenters. The molecule has 1 aliphatic heterocycles. The number of carbonyl (C=O) groups is 1. The zero-order valence-corrected chi connectivity index (χ0v) is 20.6. The van der Waals surface area contributed by atoms with Crippen LogP contribution >= 0.6 is 24.0 Å². The lowest BCUT2D eigenvalue weighted by atomic mass is 9.94. The molecule has 1 amide bonds. The van der Waals surface area contributed by atoms with Crippen LogP contribution in [0.4, 0.5) is 0 Å². The van der Waals surface area contributed by atoms with E-state index in [2.05, 4.69) is 6.58 Å². The summed E-state index contributed by atoms with van der Waals surface area (Å²) in [5.74, 6) is 1.36. The van der Waals surface area contributed by atoms with Crippen LogP contribution in [0.2, 0.25) is 0 Å². The molecule has 0 N–H and O–H groups in total. The van der Waals surface area contributed by atoms with Gasteiger partial charge in [-0.2, -0.15) is 0 Å². The monoisotopic (exact) mass is 479 g/mol. The first-order valence-corrected chi connectivity index (χ1v) is 12.6. The van der Waals surface area contributed by atoms with E-state index in [1.807, 2.05) is 59.5 Å². The maximum atomic E-state index is 13.2. The summed E-state index contributed by atoms with van der Waals surface area (Å²) < 4.78 is 12.5. The molecule has 4 rings (SSSR count). The molecule has 2 aliphatic rings. The molecule has 33 heavy (non-hydrogen) atoms. The molecule has 2 fully saturated rings. The molecule has 0 radical (unpaired) electrons. The van der Waals surface area contributed by atoms with Crippen LogP contribution in [-0.4, -0.2) is 28.3 Å². The minimum absolute atomic E-state index is 0.0190. The summed E-state index contributed by atoms with van der Waals surface area (Å²) in [5.41, 5.74) is 2.94. The number of hydrogen-bond acceptors (Lipinski definition) is 5. The Labute approximate surface area is 205 Å². The minimum Gasteiger partial charge on any atom is -0.493 e. The van der Waals surface area contributed by atoms with Crippen LogP contribution in [0.1, 0.15) is 48.8 Å². The molecular formula is C27H29NO3S2. The molecule has 1 saturated heterocycles. The Balaban J connectivity index is 1.60. The van der Waals surface area contributed by atoms with Crippen LogP contribution in [0.5, 0.6) is 11.5 Å². The highest BCUT2D eigenvalue weighted by Crippen LogP contribution is 2.39. The highest BCUT2D eigenvalue weighted by atomic mass is 32.2. The van der Waals surface area contributed by atoms with E-state index in [-0.39, 0.29) is 11.9 Å². The van der Waals surface area contributed by atoms with Gasteiger partial charge in [-0.15, -0.1) is 6.58 Å². The van der Waals surface area contributed by atoms with Crippen molar-refractivity contribution >= 4 is 40.3 Å². The van der Waals surface area contributed by atoms with Crippen molar-refractivity contribution in [1.29, 1.82) is 0 Å². The van der Waals surface area contributed by atoms with Gasteiger partial charge in [0.1, 0.15) is 10.9 Å². The summed E-state index contributed by atoms with van der Waals surface area (Å²) in [6.45, 7) is 4.34. The lowest BCUT2D eigenvalue weighted by Gasteiger charge is -2.29. The number of thioether (sulfide) groups is 1. The van der Waals surface area contributed by atoms with E-state index < -0.39 is 0 Å². The van der Waals surface area contributed by atoms with Gasteiger partial charge in [0.25, 0.3) is 5.91 Å². The first-order chi connectivity index (χ1) is 16.1. The molecule has 0 bridgehead atoms. The van der Waals surface area contributed by atoms with Crippen LogP contribution in [0.15, 0.2) is 60.0 Å². The predicted molar refractivity (Wildman–Crippen MR) is 140 cm³/mol. The molecule has 1 saturated carbocycles. The van der Waals surface area contributed by atoms with Gasteiger partial charge in [-0.1, -0.05) is 79.7 Å². The number of methoxy groups -OCH3 is 1. The van der Waals surface area contributed by atoms with Crippen molar-refractivity contribution in [2.45, 2.75) is 51.2 Å². The Hall–Kier alpha value is -2.57. The summed E-state index contributed by atoms with van der Waals surface area (Å²) in [5, 5.41) is 0. The van der Waals surface area contributed by atoms with Gasteiger partial charge in [-0.05, 0) is 48.6 Å². The van der Waals surface area contributed by atoms with E-state index in [1.54, 1.807) is 7.11 Å². The Morgan fingerprint density at radius 1 is 1.18 bits per heavy atom. The van der Waals surface area contributed by atoms with E-state index in [0.29, 0.717) is 33.8 Å². The zero-order chi connectivity index (χ0) is 23.2. The fourth-order valence-electron chi connectivity index (χ4n) is 4.40. The molecule has 1 heterocycles. The topological polar surface area (TPSA) is 38.8 Å². The number of nitrogens with zero attached hydrogens (tertiary/aromatic N) is 1. The van der Waals surface area contributed by atoms with Crippen molar-refractivity contribution in [3.8, 4) is 11.5 Å². The van der Waals surface area contributed by atoms with Crippen LogP contribution in [0.25, 0.3) is 6.08 Å². The van der Waals surface area contributed by atoms with Crippen LogP contribution in [0, 0.1) is 0 Å². The average molecular weight is 480 g/mol. The quantitative estimate of drug-likeness (QED) is 0.244. The van der Waals surface area contributed by atoms with Crippen molar-refractivity contribution in [1.82, 2.24) is 4.90 Å². The Kier molecular flexibility index (Phi) is 7.89. The summed E-state index contributed by atoms with van der Waals surface area (Å²) in [7, 11) is 1.63. The number of ether oxygens (including phenoxy) is 2. The molecule has 4 nitrogen and oxygen atoms in total. The molecule has 172 valence electrons. The van der Waals surface area contributed by atoms with Crippen LogP contribution in [0.3, 0.4) is 0 Å². The first kappa shape index (κ1) is 23.6. The van der Waals surface area contributed by atoms with Gasteiger partial charge in [-0.25, -0.2) is 0 Å². The molecule has 2 aromatic rings. The van der Waals surface area contributed by atoms with Gasteiger partial charge in [0.2, 0.25) is 0 Å². The van der Waals surface area contributed by atoms with Crippen molar-refractivity contribution in [2.24, 2.45) is 0 Å². The average Bonchev–Trinajstić information content (AvgIpc) is 3.12. The van der Waals surface area contributed by atoms with Gasteiger partial charge in [0.15, 0.2) is 11.5 Å². The summed E-state index contributed by atoms with van der Waals surface area (Å²) in [6.07, 6.45) is 10.0. The maximum absolute atomic E-state index is 13.2. The normalized spacial score (nSPS) is 18.1. The van der Waals surface area contributed by atoms with Crippen molar-refractivity contribution in [2.75, 3.05) is 7.11 Å². The molecule has 1 aliphatic carbocycles. The van der Waals surface area contributed by atoms with Crippen molar-refractivity contribution in [3.63, 3.8) is 0 Å². The van der Waals surface area contributed by atoms with E-state index in [4.69, 9.17) is 21.7 Å². The van der Waals surface area contributed by atoms with E-state index >= 15 is 0 Å². The van der Waals surface area contributed by atoms with Crippen LogP contribution in [-0.2, 0) is 17.8 Å². The fourth-order valence-corrected chi connectivity index (χ4v) is 5.80. The standard InChI is InChI=1S/C27H29NO3S2/c1-3-10-21-15-20(16-23(30-2)25(21)31-18-19-11-6-4-7-12-19)17-24-26(29)28(27(32)33-24)22-13-8-5-9-14-22/h3-4,6-7,11-12,15-17,22H,1,5,8-10,13-14,18H2,2H3/b24-17+. The zero-order valence-electron chi connectivity index (χ0n) is 18.9. The fraction of sp³-hybridized carbons (Fsp3) is 0.333. The highest BCUT2D eigenvalue weighted by molar-refractivity contribution is 8.26. The third-order valence-electron chi connectivity index (χ3n) is 6.03. The second kappa shape index (κ2) is 11.0. The second-order valence-electron chi connectivity index (χ2n) is 8.32. The van der Waals surface area contributed by atoms with Gasteiger partial charge in [0, 0.05) is 11.6 Å². The van der Waals surface area contributed by atoms with Gasteiger partial charge >= 0.3 is 0 Å². The van der Waals surface area contributed by atoms with Gasteiger partial charge in [-0.3, -0.25) is 9.69 Å². The van der Waals surface area contributed by atoms with Gasteiger partial charge in [0.05, 0.1) is 12.0 Å². The number of amides is 1. The summed E-state index contributed by atoms with van der Waals surface area (Å²) in [4.78, 5) is 15.7. The van der Waals surface area contributed by atoms with Crippen molar-refractivity contribution < 1.29 is 14.3 Å². The largest absolute Gasteiger partial charge is 0.493 e. The number of carbonyl (C=O) groups excluding carboxylic acids is 1. The molecule has 0 spiro atoms. The molecule has 0 aromatic heterocycles. The predicted octanol–water partition coefficient (Wildman–Crippen LogP) is 6.54. The summed E-state index contributed by atoms with van der Waals surface area (Å²) >= 11 is 6.97. The van der Waals surface area contributed by atoms with Crippen molar-refractivity contribution in [3.05, 3.63) is 76.7 Å². The maximum Gasteiger partial charge on any atom is 0.266 e. The molecule has 0 atom stereocenters. The minimum atomic E-state index is 0.0190. The van der Waals surface area contributed by atoms with E-state index in [9.17, 15) is 4.79 Å². The third-order valence-corrected chi connectivity index (χ3v) is 7.36. The third kappa shape index (κ3) is 5.50. The highest BCUT2D eigenvalue weighted by Gasteiger charge is 2.37. The van der Waals surface area contributed by atoms with E-state index in [1.165, 1.54) is 18.2 Å². The SMILES string of the molecule is C=CCc1cc(/C=C2/SC(=S)N(C3CCCCC3)C2=O)cc(OC)c1OCc1ccccc1. The number of hydrogen-bond donors (Lipinski definition) is 0. The number of rotatable bonds is 8. The smallest absolute Gasteiger partial charge is 0.266 e. The first-order valence-electron chi connectivity index (χ1n) is 11.4. The summed E-state index contributed by atoms with van der Waals surface area (Å²) in [6, 6.07) is 14.2. The Morgan fingerprint density at radius 2 is 1.94 bits per heavy atom. The van der Waals surface area contributed by atoms with E-state index in [0.717, 1.165) is 42.4 Å². The Bertz CT molecular complexity index is 1060.